The Hall–Kier alpha value is -1.82. The molecule has 1 heterocycles. The third-order valence-electron chi connectivity index (χ3n) is 2.46. The quantitative estimate of drug-likeness (QED) is 0.753. The fourth-order valence-electron chi connectivity index (χ4n) is 1.56. The minimum Gasteiger partial charge on any atom is -0.491 e. The molecule has 0 bridgehead atoms. The zero-order chi connectivity index (χ0) is 14.4. The third-order valence-corrected chi connectivity index (χ3v) is 2.46. The van der Waals surface area contributed by atoms with E-state index in [2.05, 4.69) is 0 Å². The van der Waals surface area contributed by atoms with Gasteiger partial charge in [-0.25, -0.2) is 4.79 Å². The van der Waals surface area contributed by atoms with Gasteiger partial charge in [0.2, 0.25) is 5.43 Å². The van der Waals surface area contributed by atoms with Gasteiger partial charge < -0.3 is 19.1 Å². The molecule has 0 atom stereocenters. The standard InChI is InChI=1S/C13H19NO5/c1-9(2)8-19-5-4-14-7-12(18-3)11(15)6-10(14)13(16)17/h6-7,9H,4-5,8H2,1-3H3,(H,16,17). The molecule has 1 aromatic heterocycles. The van der Waals surface area contributed by atoms with E-state index in [-0.39, 0.29) is 11.4 Å². The zero-order valence-corrected chi connectivity index (χ0v) is 11.4. The second-order valence-corrected chi connectivity index (χ2v) is 4.56. The monoisotopic (exact) mass is 269 g/mol. The number of aromatic carboxylic acids is 1. The Morgan fingerprint density at radius 1 is 1.47 bits per heavy atom. The number of aromatic nitrogens is 1. The highest BCUT2D eigenvalue weighted by Crippen LogP contribution is 2.07. The molecule has 106 valence electrons. The summed E-state index contributed by atoms with van der Waals surface area (Å²) in [6.07, 6.45) is 1.39. The average Bonchev–Trinajstić information content (AvgIpc) is 2.35. The molecule has 19 heavy (non-hydrogen) atoms. The summed E-state index contributed by atoms with van der Waals surface area (Å²) in [6, 6.07) is 1.06. The van der Waals surface area contributed by atoms with Gasteiger partial charge >= 0.3 is 5.97 Å². The van der Waals surface area contributed by atoms with Gasteiger partial charge in [-0.15, -0.1) is 0 Å². The first-order chi connectivity index (χ1) is 8.95. The molecule has 1 rings (SSSR count). The minimum absolute atomic E-state index is 0.0704. The molecule has 0 aliphatic carbocycles. The van der Waals surface area contributed by atoms with Crippen LogP contribution in [0.4, 0.5) is 0 Å². The summed E-state index contributed by atoms with van der Waals surface area (Å²) < 4.78 is 11.7. The molecule has 0 saturated heterocycles. The van der Waals surface area contributed by atoms with Gasteiger partial charge in [-0.3, -0.25) is 4.79 Å². The van der Waals surface area contributed by atoms with Gasteiger partial charge in [0.1, 0.15) is 5.69 Å². The second-order valence-electron chi connectivity index (χ2n) is 4.56. The van der Waals surface area contributed by atoms with E-state index in [1.165, 1.54) is 17.9 Å². The highest BCUT2D eigenvalue weighted by atomic mass is 16.5. The van der Waals surface area contributed by atoms with Crippen LogP contribution >= 0.6 is 0 Å². The van der Waals surface area contributed by atoms with Gasteiger partial charge in [-0.2, -0.15) is 0 Å². The van der Waals surface area contributed by atoms with Gasteiger partial charge in [0.15, 0.2) is 5.75 Å². The van der Waals surface area contributed by atoms with Crippen LogP contribution in [0, 0.1) is 5.92 Å². The summed E-state index contributed by atoms with van der Waals surface area (Å²) in [7, 11) is 1.37. The molecule has 1 N–H and O–H groups in total. The van der Waals surface area contributed by atoms with Crippen LogP contribution < -0.4 is 10.2 Å². The van der Waals surface area contributed by atoms with E-state index < -0.39 is 11.4 Å². The van der Waals surface area contributed by atoms with E-state index >= 15 is 0 Å². The number of carboxylic acid groups (broad SMARTS) is 1. The molecule has 0 aromatic carbocycles. The lowest BCUT2D eigenvalue weighted by atomic mass is 10.2. The van der Waals surface area contributed by atoms with Gasteiger partial charge in [0, 0.05) is 19.2 Å². The van der Waals surface area contributed by atoms with E-state index in [9.17, 15) is 9.59 Å². The molecule has 0 saturated carbocycles. The van der Waals surface area contributed by atoms with Crippen LogP contribution in [-0.2, 0) is 11.3 Å². The average molecular weight is 269 g/mol. The summed E-state index contributed by atoms with van der Waals surface area (Å²) in [4.78, 5) is 22.6. The number of hydrogen-bond donors (Lipinski definition) is 1. The molecule has 0 radical (unpaired) electrons. The number of hydrogen-bond acceptors (Lipinski definition) is 4. The van der Waals surface area contributed by atoms with Crippen molar-refractivity contribution in [1.82, 2.24) is 4.57 Å². The topological polar surface area (TPSA) is 77.8 Å². The highest BCUT2D eigenvalue weighted by Gasteiger charge is 2.12. The van der Waals surface area contributed by atoms with Crippen molar-refractivity contribution in [2.24, 2.45) is 5.92 Å². The number of carboxylic acids is 1. The lowest BCUT2D eigenvalue weighted by Gasteiger charge is -2.13. The molecule has 0 aliphatic heterocycles. The number of carbonyl (C=O) groups is 1. The van der Waals surface area contributed by atoms with Crippen molar-refractivity contribution < 1.29 is 19.4 Å². The van der Waals surface area contributed by atoms with Crippen LogP contribution in [0.2, 0.25) is 0 Å². The summed E-state index contributed by atoms with van der Waals surface area (Å²) in [5.41, 5.74) is -0.516. The zero-order valence-electron chi connectivity index (χ0n) is 11.4. The Kier molecular flexibility index (Phi) is 5.57. The van der Waals surface area contributed by atoms with Gasteiger partial charge in [-0.05, 0) is 5.92 Å². The molecule has 0 fully saturated rings. The SMILES string of the molecule is COc1cn(CCOCC(C)C)c(C(=O)O)cc1=O. The van der Waals surface area contributed by atoms with Crippen molar-refractivity contribution in [2.45, 2.75) is 20.4 Å². The van der Waals surface area contributed by atoms with Crippen LogP contribution in [0.25, 0.3) is 0 Å². The Balaban J connectivity index is 2.85. The van der Waals surface area contributed by atoms with Crippen LogP contribution in [-0.4, -0.2) is 36.0 Å². The third kappa shape index (κ3) is 4.40. The summed E-state index contributed by atoms with van der Waals surface area (Å²) in [6.45, 7) is 5.41. The highest BCUT2D eigenvalue weighted by molar-refractivity contribution is 5.85. The molecule has 0 aliphatic rings. The Bertz CT molecular complexity index is 492. The first-order valence-corrected chi connectivity index (χ1v) is 6.05. The Morgan fingerprint density at radius 3 is 2.68 bits per heavy atom. The van der Waals surface area contributed by atoms with Gasteiger partial charge in [0.25, 0.3) is 0 Å². The van der Waals surface area contributed by atoms with Crippen molar-refractivity contribution in [2.75, 3.05) is 20.3 Å². The van der Waals surface area contributed by atoms with E-state index in [0.29, 0.717) is 25.7 Å². The number of pyridine rings is 1. The molecule has 0 spiro atoms. The number of nitrogens with zero attached hydrogens (tertiary/aromatic N) is 1. The molecular weight excluding hydrogens is 250 g/mol. The molecule has 6 nitrogen and oxygen atoms in total. The van der Waals surface area contributed by atoms with Crippen LogP contribution in [0.1, 0.15) is 24.3 Å². The van der Waals surface area contributed by atoms with Crippen molar-refractivity contribution in [3.05, 3.63) is 28.2 Å². The molecule has 0 unspecified atom stereocenters. The number of ether oxygens (including phenoxy) is 2. The number of rotatable bonds is 7. The first kappa shape index (κ1) is 15.2. The van der Waals surface area contributed by atoms with E-state index in [1.807, 2.05) is 13.8 Å². The molecular formula is C13H19NO5. The molecule has 1 aromatic rings. The lowest BCUT2D eigenvalue weighted by Crippen LogP contribution is -2.20. The molecule has 6 heteroatoms. The first-order valence-electron chi connectivity index (χ1n) is 6.05. The Labute approximate surface area is 111 Å². The second kappa shape index (κ2) is 6.94. The van der Waals surface area contributed by atoms with Gasteiger partial charge in [-0.1, -0.05) is 13.8 Å². The van der Waals surface area contributed by atoms with Crippen LogP contribution in [0.5, 0.6) is 5.75 Å². The summed E-state index contributed by atoms with van der Waals surface area (Å²) in [5.74, 6) is -0.611. The normalized spacial score (nSPS) is 10.7. The van der Waals surface area contributed by atoms with Gasteiger partial charge in [0.05, 0.1) is 19.9 Å². The fourth-order valence-corrected chi connectivity index (χ4v) is 1.56. The van der Waals surface area contributed by atoms with E-state index in [4.69, 9.17) is 14.6 Å². The van der Waals surface area contributed by atoms with Crippen molar-refractivity contribution in [1.29, 1.82) is 0 Å². The maximum absolute atomic E-state index is 11.5. The van der Waals surface area contributed by atoms with E-state index in [0.717, 1.165) is 6.07 Å². The minimum atomic E-state index is -1.15. The van der Waals surface area contributed by atoms with Crippen LogP contribution in [0.3, 0.4) is 0 Å². The molecule has 0 amide bonds. The smallest absolute Gasteiger partial charge is 0.352 e. The summed E-state index contributed by atoms with van der Waals surface area (Å²) >= 11 is 0. The largest absolute Gasteiger partial charge is 0.491 e. The maximum atomic E-state index is 11.5. The lowest BCUT2D eigenvalue weighted by molar-refractivity contribution is 0.0675. The van der Waals surface area contributed by atoms with Crippen LogP contribution in [0.15, 0.2) is 17.1 Å². The van der Waals surface area contributed by atoms with Crippen molar-refractivity contribution in [3.63, 3.8) is 0 Å². The van der Waals surface area contributed by atoms with Crippen molar-refractivity contribution in [3.8, 4) is 5.75 Å². The predicted octanol–water partition coefficient (Wildman–Crippen LogP) is 1.23. The Morgan fingerprint density at radius 2 is 2.16 bits per heavy atom. The number of methoxy groups -OCH3 is 1. The summed E-state index contributed by atoms with van der Waals surface area (Å²) in [5, 5.41) is 9.06. The predicted molar refractivity (Wildman–Crippen MR) is 69.9 cm³/mol. The fraction of sp³-hybridized carbons (Fsp3) is 0.538. The maximum Gasteiger partial charge on any atom is 0.352 e. The van der Waals surface area contributed by atoms with E-state index in [1.54, 1.807) is 0 Å². The van der Waals surface area contributed by atoms with Crippen molar-refractivity contribution >= 4 is 5.97 Å².